The highest BCUT2D eigenvalue weighted by molar-refractivity contribution is 5.86. The molecule has 1 amide bonds. The zero-order chi connectivity index (χ0) is 20.4. The Balaban J connectivity index is 1.96. The molecule has 28 heavy (non-hydrogen) atoms. The molecule has 1 aromatic heterocycles. The first-order valence-electron chi connectivity index (χ1n) is 8.94. The minimum atomic E-state index is -0.409. The highest BCUT2D eigenvalue weighted by Crippen LogP contribution is 2.11. The van der Waals surface area contributed by atoms with Gasteiger partial charge in [-0.2, -0.15) is 0 Å². The number of hydrogen-bond acceptors (Lipinski definition) is 4. The van der Waals surface area contributed by atoms with Crippen molar-refractivity contribution in [1.29, 1.82) is 0 Å². The van der Waals surface area contributed by atoms with Crippen LogP contribution in [0.2, 0.25) is 0 Å². The molecule has 0 saturated carbocycles. The van der Waals surface area contributed by atoms with Crippen LogP contribution in [0.5, 0.6) is 5.75 Å². The third kappa shape index (κ3) is 6.86. The lowest BCUT2D eigenvalue weighted by Crippen LogP contribution is -2.43. The van der Waals surface area contributed by atoms with Crippen molar-refractivity contribution >= 4 is 11.9 Å². The number of ether oxygens (including phenoxy) is 1. The van der Waals surface area contributed by atoms with Crippen LogP contribution in [0.4, 0.5) is 4.39 Å². The molecule has 0 aliphatic heterocycles. The van der Waals surface area contributed by atoms with Crippen LogP contribution in [0.1, 0.15) is 11.3 Å². The van der Waals surface area contributed by atoms with Crippen molar-refractivity contribution in [3.63, 3.8) is 0 Å². The van der Waals surface area contributed by atoms with Gasteiger partial charge in [0.15, 0.2) is 5.96 Å². The molecule has 0 unspecified atom stereocenters. The van der Waals surface area contributed by atoms with Crippen LogP contribution in [0.25, 0.3) is 0 Å². The predicted octanol–water partition coefficient (Wildman–Crippen LogP) is 1.60. The van der Waals surface area contributed by atoms with E-state index in [1.54, 1.807) is 21.2 Å². The van der Waals surface area contributed by atoms with Gasteiger partial charge in [-0.05, 0) is 36.2 Å². The number of rotatable bonds is 8. The van der Waals surface area contributed by atoms with Gasteiger partial charge in [-0.3, -0.25) is 9.78 Å². The lowest BCUT2D eigenvalue weighted by Gasteiger charge is -2.15. The zero-order valence-corrected chi connectivity index (χ0v) is 16.4. The van der Waals surface area contributed by atoms with Gasteiger partial charge in [-0.15, -0.1) is 0 Å². The number of aromatic nitrogens is 1. The Morgan fingerprint density at radius 3 is 2.61 bits per heavy atom. The number of aliphatic imine (C=N–C) groups is 1. The van der Waals surface area contributed by atoms with Crippen LogP contribution in [0.3, 0.4) is 0 Å². The maximum atomic E-state index is 13.8. The van der Waals surface area contributed by atoms with Crippen molar-refractivity contribution in [2.45, 2.75) is 13.0 Å². The molecule has 2 aromatic rings. The molecule has 7 nitrogen and oxygen atoms in total. The van der Waals surface area contributed by atoms with Crippen LogP contribution in [-0.2, 0) is 17.8 Å². The maximum Gasteiger partial charge on any atom is 0.241 e. The summed E-state index contributed by atoms with van der Waals surface area (Å²) in [6.07, 6.45) is 2.28. The van der Waals surface area contributed by atoms with E-state index in [1.165, 1.54) is 23.2 Å². The van der Waals surface area contributed by atoms with Crippen molar-refractivity contribution in [2.75, 3.05) is 34.3 Å². The highest BCUT2D eigenvalue weighted by atomic mass is 19.1. The number of nitrogens with one attached hydrogen (secondary N) is 2. The Hall–Kier alpha value is -3.16. The zero-order valence-electron chi connectivity index (χ0n) is 16.4. The van der Waals surface area contributed by atoms with E-state index in [2.05, 4.69) is 20.6 Å². The van der Waals surface area contributed by atoms with E-state index in [0.717, 1.165) is 17.7 Å². The fraction of sp³-hybridized carbons (Fsp3) is 0.350. The smallest absolute Gasteiger partial charge is 0.241 e. The van der Waals surface area contributed by atoms with E-state index < -0.39 is 5.82 Å². The van der Waals surface area contributed by atoms with Crippen LogP contribution in [0.15, 0.2) is 47.6 Å². The standard InChI is InChI=1S/C20H26FN5O2/c1-26(2)19(27)14-25-20(24-13-18-17(21)5-4-11-22-18)23-12-10-15-6-8-16(28-3)9-7-15/h4-9,11H,10,12-14H2,1-3H3,(H2,23,24,25). The SMILES string of the molecule is COc1ccc(CCNC(=NCc2ncccc2F)NCC(=O)N(C)C)cc1. The first-order valence-corrected chi connectivity index (χ1v) is 8.94. The van der Waals surface area contributed by atoms with Crippen molar-refractivity contribution in [3.8, 4) is 5.75 Å². The fourth-order valence-corrected chi connectivity index (χ4v) is 2.30. The van der Waals surface area contributed by atoms with Gasteiger partial charge < -0.3 is 20.3 Å². The van der Waals surface area contributed by atoms with Crippen LogP contribution >= 0.6 is 0 Å². The summed E-state index contributed by atoms with van der Waals surface area (Å²) in [7, 11) is 4.99. The maximum absolute atomic E-state index is 13.8. The number of carbonyl (C=O) groups excluding carboxylic acids is 1. The molecule has 1 heterocycles. The average Bonchev–Trinajstić information content (AvgIpc) is 2.70. The van der Waals surface area contributed by atoms with Gasteiger partial charge in [0.25, 0.3) is 0 Å². The lowest BCUT2D eigenvalue weighted by atomic mass is 10.1. The van der Waals surface area contributed by atoms with E-state index in [-0.39, 0.29) is 24.7 Å². The summed E-state index contributed by atoms with van der Waals surface area (Å²) in [5, 5.41) is 6.14. The lowest BCUT2D eigenvalue weighted by molar-refractivity contribution is -0.127. The second-order valence-electron chi connectivity index (χ2n) is 6.26. The third-order valence-electron chi connectivity index (χ3n) is 3.99. The molecule has 0 atom stereocenters. The number of halogens is 1. The molecule has 0 aliphatic carbocycles. The topological polar surface area (TPSA) is 78.8 Å². The molecular formula is C20H26FN5O2. The molecule has 0 spiro atoms. The molecule has 2 rings (SSSR count). The van der Waals surface area contributed by atoms with E-state index >= 15 is 0 Å². The number of guanidine groups is 1. The fourth-order valence-electron chi connectivity index (χ4n) is 2.30. The minimum Gasteiger partial charge on any atom is -0.497 e. The molecule has 150 valence electrons. The molecule has 2 N–H and O–H groups in total. The predicted molar refractivity (Wildman–Crippen MR) is 107 cm³/mol. The summed E-state index contributed by atoms with van der Waals surface area (Å²) >= 11 is 0. The van der Waals surface area contributed by atoms with Gasteiger partial charge in [0, 0.05) is 26.8 Å². The van der Waals surface area contributed by atoms with Crippen LogP contribution < -0.4 is 15.4 Å². The van der Waals surface area contributed by atoms with Crippen molar-refractivity contribution in [3.05, 3.63) is 59.7 Å². The van der Waals surface area contributed by atoms with Crippen LogP contribution in [-0.4, -0.2) is 56.0 Å². The molecule has 0 radical (unpaired) electrons. The molecule has 0 aliphatic rings. The Morgan fingerprint density at radius 2 is 1.96 bits per heavy atom. The van der Waals surface area contributed by atoms with Crippen molar-refractivity contribution < 1.29 is 13.9 Å². The summed E-state index contributed by atoms with van der Waals surface area (Å²) < 4.78 is 18.9. The Kier molecular flexibility index (Phi) is 8.20. The Bertz CT molecular complexity index is 793. The summed E-state index contributed by atoms with van der Waals surface area (Å²) in [4.78, 5) is 21.7. The average molecular weight is 387 g/mol. The summed E-state index contributed by atoms with van der Waals surface area (Å²) in [6.45, 7) is 0.756. The molecule has 1 aromatic carbocycles. The molecular weight excluding hydrogens is 361 g/mol. The van der Waals surface area contributed by atoms with Crippen LogP contribution in [0, 0.1) is 5.82 Å². The minimum absolute atomic E-state index is 0.0701. The number of amides is 1. The van der Waals surface area contributed by atoms with Gasteiger partial charge in [-0.1, -0.05) is 12.1 Å². The molecule has 0 saturated heterocycles. The number of hydrogen-bond donors (Lipinski definition) is 2. The molecule has 0 bridgehead atoms. The van der Waals surface area contributed by atoms with Gasteiger partial charge in [0.05, 0.1) is 25.9 Å². The summed E-state index contributed by atoms with van der Waals surface area (Å²) in [5.41, 5.74) is 1.38. The largest absolute Gasteiger partial charge is 0.497 e. The normalized spacial score (nSPS) is 11.1. The first-order chi connectivity index (χ1) is 13.5. The third-order valence-corrected chi connectivity index (χ3v) is 3.99. The Morgan fingerprint density at radius 1 is 1.21 bits per heavy atom. The van der Waals surface area contributed by atoms with Crippen molar-refractivity contribution in [1.82, 2.24) is 20.5 Å². The number of nitrogens with zero attached hydrogens (tertiary/aromatic N) is 3. The van der Waals surface area contributed by atoms with Gasteiger partial charge >= 0.3 is 0 Å². The monoisotopic (exact) mass is 387 g/mol. The van der Waals surface area contributed by atoms with Crippen molar-refractivity contribution in [2.24, 2.45) is 4.99 Å². The second kappa shape index (κ2) is 10.9. The van der Waals surface area contributed by atoms with E-state index in [9.17, 15) is 9.18 Å². The van der Waals surface area contributed by atoms with E-state index in [1.807, 2.05) is 24.3 Å². The number of benzene rings is 1. The quantitative estimate of drug-likeness (QED) is 0.531. The Labute approximate surface area is 164 Å². The number of carbonyl (C=O) groups is 1. The van der Waals surface area contributed by atoms with Gasteiger partial charge in [0.2, 0.25) is 5.91 Å². The highest BCUT2D eigenvalue weighted by Gasteiger charge is 2.07. The first kappa shape index (κ1) is 21.1. The molecule has 0 fully saturated rings. The summed E-state index contributed by atoms with van der Waals surface area (Å²) in [5.74, 6) is 0.732. The van der Waals surface area contributed by atoms with Gasteiger partial charge in [-0.25, -0.2) is 9.38 Å². The second-order valence-corrected chi connectivity index (χ2v) is 6.26. The summed E-state index contributed by atoms with van der Waals surface area (Å²) in [6, 6.07) is 10.7. The number of pyridine rings is 1. The van der Waals surface area contributed by atoms with E-state index in [4.69, 9.17) is 4.74 Å². The number of likely N-dealkylation sites (N-methyl/N-ethyl adjacent to an activating group) is 1. The number of methoxy groups -OCH3 is 1. The van der Waals surface area contributed by atoms with Gasteiger partial charge in [0.1, 0.15) is 11.6 Å². The van der Waals surface area contributed by atoms with E-state index in [0.29, 0.717) is 12.5 Å². The molecule has 8 heteroatoms.